The van der Waals surface area contributed by atoms with E-state index in [4.69, 9.17) is 32.8 Å². The molecule has 36 heavy (non-hydrogen) atoms. The van der Waals surface area contributed by atoms with Crippen LogP contribution in [0.4, 0.5) is 4.39 Å². The fourth-order valence-electron chi connectivity index (χ4n) is 3.43. The molecule has 0 amide bonds. The normalized spacial score (nSPS) is 23.5. The van der Waals surface area contributed by atoms with E-state index in [0.717, 1.165) is 16.8 Å². The topological polar surface area (TPSA) is 154 Å². The van der Waals surface area contributed by atoms with Crippen molar-refractivity contribution in [3.8, 4) is 6.07 Å². The molecule has 0 aromatic carbocycles. The summed E-state index contributed by atoms with van der Waals surface area (Å²) in [5.41, 5.74) is -1.56. The predicted molar refractivity (Wildman–Crippen MR) is 128 cm³/mol. The maximum absolute atomic E-state index is 15.8. The van der Waals surface area contributed by atoms with E-state index in [-0.39, 0.29) is 25.1 Å². The molecule has 204 valence electrons. The number of aromatic nitrogens is 2. The van der Waals surface area contributed by atoms with Crippen molar-refractivity contribution >= 4 is 16.1 Å². The molecule has 0 spiro atoms. The highest BCUT2D eigenvalue weighted by atomic mass is 31.2. The minimum absolute atomic E-state index is 0.0412. The number of H-pyrrole nitrogens is 1. The van der Waals surface area contributed by atoms with E-state index in [1.165, 1.54) is 14.2 Å². The molecule has 1 aliphatic heterocycles. The number of ether oxygens (including phenoxy) is 2. The zero-order valence-corrected chi connectivity index (χ0v) is 22.8. The van der Waals surface area contributed by atoms with Crippen molar-refractivity contribution in [1.82, 2.24) is 14.2 Å². The van der Waals surface area contributed by atoms with E-state index in [1.807, 2.05) is 43.4 Å². The van der Waals surface area contributed by atoms with Gasteiger partial charge < -0.3 is 27.6 Å². The zero-order valence-electron chi connectivity index (χ0n) is 21.0. The third-order valence-corrected chi connectivity index (χ3v) is 8.79. The Kier molecular flexibility index (Phi) is 11.8. The molecule has 1 fully saturated rings. The van der Waals surface area contributed by atoms with Gasteiger partial charge in [0.15, 0.2) is 31.1 Å². The molecule has 1 aromatic rings. The smallest absolute Gasteiger partial charge is 0.337 e. The third-order valence-electron chi connectivity index (χ3n) is 5.08. The van der Waals surface area contributed by atoms with Gasteiger partial charge in [0.25, 0.3) is 14.1 Å². The highest BCUT2D eigenvalue weighted by molar-refractivity contribution is 7.53. The van der Waals surface area contributed by atoms with Crippen molar-refractivity contribution in [2.24, 2.45) is 0 Å². The van der Waals surface area contributed by atoms with Crippen molar-refractivity contribution in [2.45, 2.75) is 71.0 Å². The summed E-state index contributed by atoms with van der Waals surface area (Å²) < 4.78 is 64.0. The first-order valence-electron chi connectivity index (χ1n) is 11.2. The van der Waals surface area contributed by atoms with Crippen LogP contribution in [-0.2, 0) is 32.1 Å². The maximum Gasteiger partial charge on any atom is 0.355 e. The summed E-state index contributed by atoms with van der Waals surface area (Å²) in [6.45, 7) is 7.69. The molecule has 0 saturated carbocycles. The molecule has 1 N–H and O–H groups in total. The fourth-order valence-corrected chi connectivity index (χ4v) is 5.85. The van der Waals surface area contributed by atoms with Gasteiger partial charge in [-0.1, -0.05) is 0 Å². The maximum atomic E-state index is 15.8. The van der Waals surface area contributed by atoms with Crippen LogP contribution in [0.3, 0.4) is 0 Å². The monoisotopic (exact) mass is 554 g/mol. The molecular formula is C20H33FN4O9P2. The van der Waals surface area contributed by atoms with Crippen LogP contribution in [0.1, 0.15) is 40.3 Å². The van der Waals surface area contributed by atoms with Gasteiger partial charge in [-0.25, -0.2) is 13.9 Å². The molecule has 5 atom stereocenters. The number of nitrogens with one attached hydrogen (secondary N) is 1. The van der Waals surface area contributed by atoms with Crippen LogP contribution >= 0.6 is 16.1 Å². The molecule has 0 bridgehead atoms. The van der Waals surface area contributed by atoms with Crippen molar-refractivity contribution in [1.29, 1.82) is 5.26 Å². The largest absolute Gasteiger partial charge is 0.355 e. The number of alkyl halides is 1. The van der Waals surface area contributed by atoms with Gasteiger partial charge in [-0.3, -0.25) is 18.9 Å². The van der Waals surface area contributed by atoms with E-state index in [1.54, 1.807) is 0 Å². The van der Waals surface area contributed by atoms with Crippen LogP contribution < -0.4 is 11.2 Å². The summed E-state index contributed by atoms with van der Waals surface area (Å²) in [5, 5.41) is 8.92. The molecule has 1 aromatic heterocycles. The van der Waals surface area contributed by atoms with Gasteiger partial charge >= 0.3 is 13.3 Å². The average molecular weight is 554 g/mol. The van der Waals surface area contributed by atoms with E-state index in [2.05, 4.69) is 0 Å². The van der Waals surface area contributed by atoms with Gasteiger partial charge in [-0.15, -0.1) is 0 Å². The summed E-state index contributed by atoms with van der Waals surface area (Å²) in [7, 11) is -3.24. The van der Waals surface area contributed by atoms with E-state index in [0.29, 0.717) is 0 Å². The van der Waals surface area contributed by atoms with Crippen LogP contribution in [0.25, 0.3) is 0 Å². The lowest BCUT2D eigenvalue weighted by atomic mass is 10.2. The molecule has 1 saturated heterocycles. The molecular weight excluding hydrogens is 521 g/mol. The minimum atomic E-state index is -3.66. The van der Waals surface area contributed by atoms with Crippen LogP contribution in [0.2, 0.25) is 0 Å². The van der Waals surface area contributed by atoms with Crippen LogP contribution in [0.5, 0.6) is 0 Å². The van der Waals surface area contributed by atoms with Gasteiger partial charge in [-0.05, 0) is 27.7 Å². The van der Waals surface area contributed by atoms with Gasteiger partial charge in [-0.2, -0.15) is 5.26 Å². The lowest BCUT2D eigenvalue weighted by Crippen LogP contribution is -2.39. The van der Waals surface area contributed by atoms with E-state index < -0.39 is 58.5 Å². The Hall–Kier alpha value is -1.52. The first-order valence-corrected chi connectivity index (χ1v) is 14.0. The summed E-state index contributed by atoms with van der Waals surface area (Å²) >= 11 is 0. The highest BCUT2D eigenvalue weighted by Crippen LogP contribution is 2.52. The second kappa shape index (κ2) is 13.9. The zero-order chi connectivity index (χ0) is 27.0. The molecule has 0 radical (unpaired) electrons. The van der Waals surface area contributed by atoms with Crippen molar-refractivity contribution < 1.29 is 36.5 Å². The SMILES string of the molecule is COP(=O)(CO[C@H]1O[C@@H](n2ccc(=O)[nH]c2=O)[C@H](F)[C@@H]1OP(OCCC#N)N(C(C)C)C(C)C)OC. The number of aromatic amines is 1. The fraction of sp³-hybridized carbons (Fsp3) is 0.750. The molecule has 16 heteroatoms. The number of nitriles is 1. The third kappa shape index (κ3) is 7.74. The molecule has 0 aliphatic carbocycles. The quantitative estimate of drug-likeness (QED) is 0.267. The standard InChI is InChI=1S/C20H33FN4O9P2/c1-13(2)25(14(3)4)35(32-11-7-9-22)34-17-16(21)18(24-10-8-15(26)23-20(24)27)33-19(17)31-12-36(28,29-5)30-6/h8,10,13-14,16-19H,7,11-12H2,1-6H3,(H,23,26,27)/t16-,17+,18-,19+,35?/m1/s1. The minimum Gasteiger partial charge on any atom is -0.337 e. The second-order valence-corrected chi connectivity index (χ2v) is 11.9. The Morgan fingerprint density at radius 3 is 2.44 bits per heavy atom. The highest BCUT2D eigenvalue weighted by Gasteiger charge is 2.51. The number of rotatable bonds is 14. The number of hydrogen-bond acceptors (Lipinski definition) is 11. The Balaban J connectivity index is 2.41. The van der Waals surface area contributed by atoms with Crippen molar-refractivity contribution in [2.75, 3.05) is 27.2 Å². The number of nitrogens with zero attached hydrogens (tertiary/aromatic N) is 3. The van der Waals surface area contributed by atoms with Gasteiger partial charge in [0.2, 0.25) is 0 Å². The molecule has 13 nitrogen and oxygen atoms in total. The lowest BCUT2D eigenvalue weighted by Gasteiger charge is -2.37. The lowest BCUT2D eigenvalue weighted by molar-refractivity contribution is -0.166. The van der Waals surface area contributed by atoms with Crippen LogP contribution in [0, 0.1) is 11.3 Å². The van der Waals surface area contributed by atoms with E-state index in [9.17, 15) is 14.2 Å². The summed E-state index contributed by atoms with van der Waals surface area (Å²) in [5.74, 6) is 0. The summed E-state index contributed by atoms with van der Waals surface area (Å²) in [6.07, 6.45) is -5.79. The van der Waals surface area contributed by atoms with Gasteiger partial charge in [0, 0.05) is 38.6 Å². The first kappa shape index (κ1) is 30.7. The number of hydrogen-bond donors (Lipinski definition) is 1. The Morgan fingerprint density at radius 1 is 1.28 bits per heavy atom. The van der Waals surface area contributed by atoms with E-state index >= 15 is 4.39 Å². The average Bonchev–Trinajstić information content (AvgIpc) is 3.12. The van der Waals surface area contributed by atoms with Gasteiger partial charge in [0.05, 0.1) is 19.1 Å². The second-order valence-electron chi connectivity index (χ2n) is 8.25. The van der Waals surface area contributed by atoms with Gasteiger partial charge in [0.1, 0.15) is 0 Å². The van der Waals surface area contributed by atoms with Crippen LogP contribution in [0.15, 0.2) is 21.9 Å². The summed E-state index contributed by atoms with van der Waals surface area (Å²) in [4.78, 5) is 25.8. The van der Waals surface area contributed by atoms with Crippen molar-refractivity contribution in [3.05, 3.63) is 33.1 Å². The molecule has 1 aliphatic rings. The Bertz CT molecular complexity index is 1030. The Morgan fingerprint density at radius 2 is 1.92 bits per heavy atom. The Labute approximate surface area is 209 Å². The molecule has 2 rings (SSSR count). The molecule has 1 unspecified atom stereocenters. The van der Waals surface area contributed by atoms with Crippen LogP contribution in [-0.4, -0.2) is 72.0 Å². The first-order chi connectivity index (χ1) is 17.0. The predicted octanol–water partition coefficient (Wildman–Crippen LogP) is 2.85. The summed E-state index contributed by atoms with van der Waals surface area (Å²) in [6, 6.07) is 2.88. The number of halogens is 1. The molecule has 2 heterocycles. The van der Waals surface area contributed by atoms with Crippen molar-refractivity contribution in [3.63, 3.8) is 0 Å².